The summed E-state index contributed by atoms with van der Waals surface area (Å²) in [6, 6.07) is 0.181. The van der Waals surface area contributed by atoms with Gasteiger partial charge in [-0.25, -0.2) is 0 Å². The van der Waals surface area contributed by atoms with Gasteiger partial charge in [0.25, 0.3) is 0 Å². The molecule has 0 aliphatic carbocycles. The molecule has 0 aromatic rings. The highest BCUT2D eigenvalue weighted by Crippen LogP contribution is 2.15. The van der Waals surface area contributed by atoms with Gasteiger partial charge in [-0.3, -0.25) is 5.01 Å². The van der Waals surface area contributed by atoms with Gasteiger partial charge in [-0.2, -0.15) is 5.11 Å². The standard InChI is InChI=1S/C5H9N3/c1-4-5(2)8(3)7-6-4/h4H,2H2,1,3H3. The average molecular weight is 111 g/mol. The lowest BCUT2D eigenvalue weighted by Gasteiger charge is -2.05. The predicted molar refractivity (Wildman–Crippen MR) is 31.2 cm³/mol. The molecule has 0 fully saturated rings. The van der Waals surface area contributed by atoms with E-state index in [-0.39, 0.29) is 6.04 Å². The summed E-state index contributed by atoms with van der Waals surface area (Å²) >= 11 is 0. The molecule has 1 unspecified atom stereocenters. The van der Waals surface area contributed by atoms with E-state index in [4.69, 9.17) is 0 Å². The van der Waals surface area contributed by atoms with E-state index in [1.165, 1.54) is 0 Å². The molecule has 44 valence electrons. The number of hydrogen-bond acceptors (Lipinski definition) is 3. The van der Waals surface area contributed by atoms with Crippen LogP contribution in [0.25, 0.3) is 0 Å². The Kier molecular flexibility index (Phi) is 1.04. The quantitative estimate of drug-likeness (QED) is 0.461. The summed E-state index contributed by atoms with van der Waals surface area (Å²) in [5, 5.41) is 9.29. The SMILES string of the molecule is C=C1C(C)N=NN1C. The van der Waals surface area contributed by atoms with Crippen molar-refractivity contribution in [1.82, 2.24) is 5.01 Å². The van der Waals surface area contributed by atoms with Crippen molar-refractivity contribution in [2.75, 3.05) is 7.05 Å². The zero-order valence-corrected chi connectivity index (χ0v) is 5.13. The molecule has 0 aromatic carbocycles. The van der Waals surface area contributed by atoms with E-state index in [0.29, 0.717) is 0 Å². The van der Waals surface area contributed by atoms with Crippen LogP contribution in [0.1, 0.15) is 6.92 Å². The molecule has 0 N–H and O–H groups in total. The summed E-state index contributed by atoms with van der Waals surface area (Å²) in [4.78, 5) is 0. The van der Waals surface area contributed by atoms with Gasteiger partial charge in [-0.05, 0) is 6.92 Å². The Labute approximate surface area is 48.7 Å². The molecule has 0 amide bonds. The fourth-order valence-electron chi connectivity index (χ4n) is 0.549. The van der Waals surface area contributed by atoms with Gasteiger partial charge in [0.2, 0.25) is 0 Å². The molecule has 1 rings (SSSR count). The molecule has 0 saturated heterocycles. The Balaban J connectivity index is 2.70. The summed E-state index contributed by atoms with van der Waals surface area (Å²) < 4.78 is 0. The molecule has 1 atom stereocenters. The zero-order valence-electron chi connectivity index (χ0n) is 5.13. The third kappa shape index (κ3) is 0.598. The van der Waals surface area contributed by atoms with Crippen LogP contribution >= 0.6 is 0 Å². The van der Waals surface area contributed by atoms with Crippen molar-refractivity contribution >= 4 is 0 Å². The maximum absolute atomic E-state index is 3.85. The van der Waals surface area contributed by atoms with Crippen LogP contribution in [0.15, 0.2) is 22.6 Å². The molecule has 3 nitrogen and oxygen atoms in total. The van der Waals surface area contributed by atoms with Crippen LogP contribution in [0.4, 0.5) is 0 Å². The van der Waals surface area contributed by atoms with Crippen LogP contribution in [0.5, 0.6) is 0 Å². The minimum atomic E-state index is 0.181. The number of nitrogens with zero attached hydrogens (tertiary/aromatic N) is 3. The van der Waals surface area contributed by atoms with Crippen LogP contribution in [-0.2, 0) is 0 Å². The summed E-state index contributed by atoms with van der Waals surface area (Å²) in [6.45, 7) is 5.72. The van der Waals surface area contributed by atoms with Gasteiger partial charge in [0.1, 0.15) is 6.04 Å². The minimum absolute atomic E-state index is 0.181. The lowest BCUT2D eigenvalue weighted by atomic mass is 10.3. The Morgan fingerprint density at radius 1 is 1.75 bits per heavy atom. The van der Waals surface area contributed by atoms with Crippen LogP contribution in [0.2, 0.25) is 0 Å². The topological polar surface area (TPSA) is 28.0 Å². The molecule has 0 spiro atoms. The third-order valence-corrected chi connectivity index (χ3v) is 1.26. The lowest BCUT2D eigenvalue weighted by molar-refractivity contribution is 0.456. The summed E-state index contributed by atoms with van der Waals surface area (Å²) in [6.07, 6.45) is 0. The fourth-order valence-corrected chi connectivity index (χ4v) is 0.549. The first kappa shape index (κ1) is 5.28. The minimum Gasteiger partial charge on any atom is -0.253 e. The smallest absolute Gasteiger partial charge is 0.111 e. The highest BCUT2D eigenvalue weighted by molar-refractivity contribution is 5.02. The van der Waals surface area contributed by atoms with Gasteiger partial charge in [0.05, 0.1) is 5.70 Å². The molecule has 1 aliphatic rings. The fraction of sp³-hybridized carbons (Fsp3) is 0.600. The monoisotopic (exact) mass is 111 g/mol. The molecular weight excluding hydrogens is 102 g/mol. The van der Waals surface area contributed by atoms with Crippen LogP contribution < -0.4 is 0 Å². The maximum atomic E-state index is 3.85. The highest BCUT2D eigenvalue weighted by atomic mass is 15.6. The first-order valence-electron chi connectivity index (χ1n) is 2.55. The van der Waals surface area contributed by atoms with E-state index < -0.39 is 0 Å². The first-order chi connectivity index (χ1) is 3.72. The van der Waals surface area contributed by atoms with Gasteiger partial charge in [0, 0.05) is 7.05 Å². The normalized spacial score (nSPS) is 27.5. The van der Waals surface area contributed by atoms with E-state index in [1.54, 1.807) is 5.01 Å². The largest absolute Gasteiger partial charge is 0.253 e. The first-order valence-corrected chi connectivity index (χ1v) is 2.55. The second-order valence-electron chi connectivity index (χ2n) is 1.90. The Morgan fingerprint density at radius 3 is 2.50 bits per heavy atom. The highest BCUT2D eigenvalue weighted by Gasteiger charge is 2.14. The molecule has 3 heteroatoms. The summed E-state index contributed by atoms with van der Waals surface area (Å²) in [5.41, 5.74) is 0.963. The van der Waals surface area contributed by atoms with Crippen LogP contribution in [0.3, 0.4) is 0 Å². The zero-order chi connectivity index (χ0) is 6.15. The summed E-state index contributed by atoms with van der Waals surface area (Å²) in [7, 11) is 1.84. The van der Waals surface area contributed by atoms with Gasteiger partial charge in [-0.15, -0.1) is 0 Å². The van der Waals surface area contributed by atoms with Crippen LogP contribution in [0, 0.1) is 0 Å². The average Bonchev–Trinajstić information content (AvgIpc) is 1.98. The molecule has 1 heterocycles. The van der Waals surface area contributed by atoms with Crippen molar-refractivity contribution in [2.24, 2.45) is 10.3 Å². The number of rotatable bonds is 0. The van der Waals surface area contributed by atoms with Crippen molar-refractivity contribution in [1.29, 1.82) is 0 Å². The van der Waals surface area contributed by atoms with Crippen molar-refractivity contribution in [2.45, 2.75) is 13.0 Å². The van der Waals surface area contributed by atoms with Crippen molar-refractivity contribution in [3.63, 3.8) is 0 Å². The summed E-state index contributed by atoms with van der Waals surface area (Å²) in [5.74, 6) is 0. The molecule has 0 bridgehead atoms. The third-order valence-electron chi connectivity index (χ3n) is 1.26. The van der Waals surface area contributed by atoms with E-state index in [0.717, 1.165) is 5.70 Å². The van der Waals surface area contributed by atoms with Crippen LogP contribution in [-0.4, -0.2) is 18.1 Å². The maximum Gasteiger partial charge on any atom is 0.111 e. The Bertz CT molecular complexity index is 125. The number of hydrogen-bond donors (Lipinski definition) is 0. The molecule has 1 aliphatic heterocycles. The van der Waals surface area contributed by atoms with Gasteiger partial charge in [-0.1, -0.05) is 11.8 Å². The molecular formula is C5H9N3. The van der Waals surface area contributed by atoms with E-state index >= 15 is 0 Å². The molecule has 8 heavy (non-hydrogen) atoms. The van der Waals surface area contributed by atoms with E-state index in [1.807, 2.05) is 14.0 Å². The van der Waals surface area contributed by atoms with Crippen molar-refractivity contribution in [3.05, 3.63) is 12.3 Å². The predicted octanol–water partition coefficient (Wildman–Crippen LogP) is 1.20. The van der Waals surface area contributed by atoms with Gasteiger partial charge >= 0.3 is 0 Å². The van der Waals surface area contributed by atoms with Gasteiger partial charge < -0.3 is 0 Å². The second-order valence-corrected chi connectivity index (χ2v) is 1.90. The molecule has 0 saturated carbocycles. The van der Waals surface area contributed by atoms with Gasteiger partial charge in [0.15, 0.2) is 0 Å². The second kappa shape index (κ2) is 1.58. The van der Waals surface area contributed by atoms with Crippen molar-refractivity contribution < 1.29 is 0 Å². The molecule has 0 aromatic heterocycles. The lowest BCUT2D eigenvalue weighted by Crippen LogP contribution is -2.09. The Morgan fingerprint density at radius 2 is 2.38 bits per heavy atom. The van der Waals surface area contributed by atoms with E-state index in [2.05, 4.69) is 16.9 Å². The molecule has 0 radical (unpaired) electrons. The number of likely N-dealkylation sites (N-methyl/N-ethyl adjacent to an activating group) is 1. The van der Waals surface area contributed by atoms with Crippen molar-refractivity contribution in [3.8, 4) is 0 Å². The Hall–Kier alpha value is -0.860. The van der Waals surface area contributed by atoms with E-state index in [9.17, 15) is 0 Å².